The van der Waals surface area contributed by atoms with Crippen molar-refractivity contribution < 1.29 is 9.53 Å². The highest BCUT2D eigenvalue weighted by atomic mass is 32.1. The molecule has 2 nitrogen and oxygen atoms in total. The molecule has 0 N–H and O–H groups in total. The van der Waals surface area contributed by atoms with Gasteiger partial charge in [0.05, 0.1) is 0 Å². The summed E-state index contributed by atoms with van der Waals surface area (Å²) in [6, 6.07) is 9.82. The third kappa shape index (κ3) is 1.73. The normalized spacial score (nSPS) is 10.2. The van der Waals surface area contributed by atoms with Gasteiger partial charge < -0.3 is 4.74 Å². The molecule has 1 aromatic carbocycles. The van der Waals surface area contributed by atoms with Gasteiger partial charge in [-0.15, -0.1) is 0 Å². The van der Waals surface area contributed by atoms with Crippen LogP contribution in [0, 0.1) is 0 Å². The zero-order chi connectivity index (χ0) is 9.26. The van der Waals surface area contributed by atoms with E-state index in [4.69, 9.17) is 4.74 Å². The molecule has 0 bridgehead atoms. The number of benzene rings is 1. The summed E-state index contributed by atoms with van der Waals surface area (Å²) in [7, 11) is 1.41. The van der Waals surface area contributed by atoms with Gasteiger partial charge in [-0.05, 0) is 11.5 Å². The van der Waals surface area contributed by atoms with Gasteiger partial charge in [0, 0.05) is 10.8 Å². The summed E-state index contributed by atoms with van der Waals surface area (Å²) >= 11 is 1.48. The molecule has 0 amide bonds. The van der Waals surface area contributed by atoms with Gasteiger partial charge in [-0.1, -0.05) is 29.5 Å². The fourth-order valence-electron chi connectivity index (χ4n) is 1.15. The van der Waals surface area contributed by atoms with Crippen LogP contribution in [-0.2, 0) is 0 Å². The van der Waals surface area contributed by atoms with Crippen molar-refractivity contribution in [3.8, 4) is 5.06 Å². The summed E-state index contributed by atoms with van der Waals surface area (Å²) in [5, 5.41) is 1.78. The monoisotopic (exact) mass is 190 g/mol. The second-order valence-electron chi connectivity index (χ2n) is 2.70. The van der Waals surface area contributed by atoms with E-state index in [1.807, 2.05) is 30.3 Å². The molecule has 2 rings (SSSR count). The van der Waals surface area contributed by atoms with Gasteiger partial charge in [0.1, 0.15) is 0 Å². The first-order chi connectivity index (χ1) is 6.25. The number of carbonyl (C=O) groups excluding carboxylic acids is 1. The van der Waals surface area contributed by atoms with Crippen LogP contribution in [-0.4, -0.2) is 13.7 Å². The van der Waals surface area contributed by atoms with Gasteiger partial charge in [0.15, 0.2) is 5.06 Å². The molecule has 0 spiro atoms. The molecule has 0 aliphatic rings. The van der Waals surface area contributed by atoms with Crippen molar-refractivity contribution in [2.24, 2.45) is 0 Å². The molecule has 2 aromatic rings. The lowest BCUT2D eigenvalue weighted by Crippen LogP contribution is -2.01. The van der Waals surface area contributed by atoms with Crippen molar-refractivity contribution in [1.82, 2.24) is 0 Å². The SMILES string of the molecule is BC(=O)Oc1cc2ccccc2s1. The predicted octanol–water partition coefficient (Wildman–Crippen LogP) is 2.03. The van der Waals surface area contributed by atoms with Crippen LogP contribution in [0.4, 0.5) is 4.79 Å². The zero-order valence-corrected chi connectivity index (χ0v) is 7.93. The highest BCUT2D eigenvalue weighted by Crippen LogP contribution is 2.31. The summed E-state index contributed by atoms with van der Waals surface area (Å²) in [5.41, 5.74) is 0. The van der Waals surface area contributed by atoms with E-state index in [2.05, 4.69) is 0 Å². The molecular formula is C9H7BO2S. The first-order valence-corrected chi connectivity index (χ1v) is 4.74. The number of ether oxygens (including phenoxy) is 1. The fraction of sp³-hybridized carbons (Fsp3) is 0. The minimum Gasteiger partial charge on any atom is -0.424 e. The standard InChI is InChI=1S/C9H7BO2S/c10-9(11)12-8-5-6-3-1-2-4-7(6)13-8/h1-5H,10H2. The Balaban J connectivity index is 2.44. The minimum absolute atomic E-state index is 0.272. The molecule has 0 atom stereocenters. The lowest BCUT2D eigenvalue weighted by molar-refractivity contribution is 0.227. The Labute approximate surface area is 80.5 Å². The van der Waals surface area contributed by atoms with Crippen molar-refractivity contribution >= 4 is 35.1 Å². The van der Waals surface area contributed by atoms with Gasteiger partial charge in [0.25, 0.3) is 0 Å². The van der Waals surface area contributed by atoms with Crippen molar-refractivity contribution in [1.29, 1.82) is 0 Å². The van der Waals surface area contributed by atoms with Crippen LogP contribution >= 0.6 is 11.3 Å². The van der Waals surface area contributed by atoms with Crippen LogP contribution in [0.25, 0.3) is 10.1 Å². The summed E-state index contributed by atoms with van der Waals surface area (Å²) in [6.07, 6.45) is 0. The molecule has 13 heavy (non-hydrogen) atoms. The minimum atomic E-state index is -0.272. The predicted molar refractivity (Wildman–Crippen MR) is 56.4 cm³/mol. The van der Waals surface area contributed by atoms with Crippen LogP contribution in [0.15, 0.2) is 30.3 Å². The maximum absolute atomic E-state index is 10.7. The lowest BCUT2D eigenvalue weighted by atomic mass is 10.2. The molecular weight excluding hydrogens is 183 g/mol. The van der Waals surface area contributed by atoms with Gasteiger partial charge in [-0.25, -0.2) is 0 Å². The molecule has 4 heteroatoms. The molecule has 0 saturated carbocycles. The van der Waals surface area contributed by atoms with E-state index in [0.29, 0.717) is 5.06 Å². The molecule has 0 radical (unpaired) electrons. The largest absolute Gasteiger partial charge is 0.424 e. The van der Waals surface area contributed by atoms with E-state index in [1.165, 1.54) is 19.2 Å². The fourth-order valence-corrected chi connectivity index (χ4v) is 2.10. The van der Waals surface area contributed by atoms with E-state index in [-0.39, 0.29) is 5.87 Å². The first kappa shape index (κ1) is 8.32. The molecule has 0 fully saturated rings. The second kappa shape index (κ2) is 3.22. The topological polar surface area (TPSA) is 26.3 Å². The van der Waals surface area contributed by atoms with Gasteiger partial charge >= 0.3 is 0 Å². The molecule has 0 unspecified atom stereocenters. The maximum atomic E-state index is 10.7. The average molecular weight is 190 g/mol. The molecule has 0 aliphatic heterocycles. The maximum Gasteiger partial charge on any atom is 0.249 e. The van der Waals surface area contributed by atoms with Gasteiger partial charge in [-0.2, -0.15) is 0 Å². The summed E-state index contributed by atoms with van der Waals surface area (Å²) in [5.74, 6) is -0.272. The first-order valence-electron chi connectivity index (χ1n) is 3.93. The van der Waals surface area contributed by atoms with E-state index >= 15 is 0 Å². The molecule has 0 aliphatic carbocycles. The molecule has 0 saturated heterocycles. The van der Waals surface area contributed by atoms with Crippen LogP contribution in [0.5, 0.6) is 5.06 Å². The van der Waals surface area contributed by atoms with E-state index in [9.17, 15) is 4.79 Å². The third-order valence-corrected chi connectivity index (χ3v) is 2.64. The number of thiophene rings is 1. The van der Waals surface area contributed by atoms with Gasteiger partial charge in [0.2, 0.25) is 13.7 Å². The second-order valence-corrected chi connectivity index (χ2v) is 3.74. The van der Waals surface area contributed by atoms with E-state index in [0.717, 1.165) is 10.1 Å². The van der Waals surface area contributed by atoms with Crippen molar-refractivity contribution in [3.63, 3.8) is 0 Å². The number of hydrogen-bond acceptors (Lipinski definition) is 3. The summed E-state index contributed by atoms with van der Waals surface area (Å²) < 4.78 is 6.12. The van der Waals surface area contributed by atoms with Gasteiger partial charge in [-0.3, -0.25) is 4.79 Å². The molecule has 1 aromatic heterocycles. The number of rotatable bonds is 1. The number of carbonyl (C=O) groups is 1. The van der Waals surface area contributed by atoms with Crippen molar-refractivity contribution in [2.45, 2.75) is 0 Å². The zero-order valence-electron chi connectivity index (χ0n) is 7.11. The Kier molecular flexibility index (Phi) is 2.06. The smallest absolute Gasteiger partial charge is 0.249 e. The van der Waals surface area contributed by atoms with Crippen LogP contribution < -0.4 is 4.74 Å². The highest BCUT2D eigenvalue weighted by Gasteiger charge is 2.03. The average Bonchev–Trinajstić information content (AvgIpc) is 2.44. The van der Waals surface area contributed by atoms with Crippen LogP contribution in [0.1, 0.15) is 0 Å². The summed E-state index contributed by atoms with van der Waals surface area (Å²) in [4.78, 5) is 10.7. The Bertz CT molecular complexity index is 417. The van der Waals surface area contributed by atoms with E-state index < -0.39 is 0 Å². The Morgan fingerprint density at radius 1 is 1.38 bits per heavy atom. The lowest BCUT2D eigenvalue weighted by Gasteiger charge is -1.92. The number of hydrogen-bond donors (Lipinski definition) is 0. The van der Waals surface area contributed by atoms with Crippen molar-refractivity contribution in [3.05, 3.63) is 30.3 Å². The Hall–Kier alpha value is -1.29. The van der Waals surface area contributed by atoms with E-state index in [1.54, 1.807) is 0 Å². The Morgan fingerprint density at radius 3 is 2.85 bits per heavy atom. The third-order valence-electron chi connectivity index (χ3n) is 1.65. The number of fused-ring (bicyclic) bond motifs is 1. The van der Waals surface area contributed by atoms with Crippen molar-refractivity contribution in [2.75, 3.05) is 0 Å². The Morgan fingerprint density at radius 2 is 2.15 bits per heavy atom. The van der Waals surface area contributed by atoms with Crippen LogP contribution in [0.3, 0.4) is 0 Å². The van der Waals surface area contributed by atoms with Crippen LogP contribution in [0.2, 0.25) is 0 Å². The molecule has 1 heterocycles. The highest BCUT2D eigenvalue weighted by molar-refractivity contribution is 7.20. The quantitative estimate of drug-likeness (QED) is 0.643. The summed E-state index contributed by atoms with van der Waals surface area (Å²) in [6.45, 7) is 0. The molecule has 64 valence electrons.